The normalized spacial score (nSPS) is 12.5. The van der Waals surface area contributed by atoms with Crippen molar-refractivity contribution in [2.75, 3.05) is 7.05 Å². The molecule has 2 rings (SSSR count). The lowest BCUT2D eigenvalue weighted by molar-refractivity contribution is 0.683. The van der Waals surface area contributed by atoms with Crippen molar-refractivity contribution < 1.29 is 0 Å². The van der Waals surface area contributed by atoms with E-state index in [1.165, 1.54) is 25.8 Å². The van der Waals surface area contributed by atoms with Crippen LogP contribution in [0.25, 0.3) is 0 Å². The molecule has 0 heterocycles. The van der Waals surface area contributed by atoms with Crippen molar-refractivity contribution in [3.05, 3.63) is 66.7 Å². The largest absolute Gasteiger partial charge is 0.309 e. The number of nitrogens with one attached hydrogen (secondary N) is 1. The third-order valence-electron chi connectivity index (χ3n) is 3.52. The molecule has 1 atom stereocenters. The molecular formula is C16H17BrIN. The maximum atomic E-state index is 3.57. The highest BCUT2D eigenvalue weighted by Crippen LogP contribution is 2.31. The van der Waals surface area contributed by atoms with Crippen molar-refractivity contribution in [2.45, 2.75) is 19.9 Å². The van der Waals surface area contributed by atoms with Gasteiger partial charge in [0.15, 0.2) is 0 Å². The monoisotopic (exact) mass is 429 g/mol. The molecule has 2 aromatic rings. The number of aryl methyl sites for hydroxylation is 1. The summed E-state index contributed by atoms with van der Waals surface area (Å²) in [5.41, 5.74) is 5.35. The van der Waals surface area contributed by atoms with Crippen LogP contribution in [0.1, 0.15) is 28.3 Å². The Labute approximate surface area is 137 Å². The van der Waals surface area contributed by atoms with Crippen molar-refractivity contribution in [1.29, 1.82) is 0 Å². The molecule has 3 heteroatoms. The van der Waals surface area contributed by atoms with E-state index in [2.05, 4.69) is 94.1 Å². The van der Waals surface area contributed by atoms with Crippen LogP contribution >= 0.6 is 38.5 Å². The molecule has 0 saturated carbocycles. The molecular weight excluding hydrogens is 413 g/mol. The minimum Gasteiger partial charge on any atom is -0.309 e. The quantitative estimate of drug-likeness (QED) is 0.678. The fraction of sp³-hybridized carbons (Fsp3) is 0.250. The van der Waals surface area contributed by atoms with Gasteiger partial charge >= 0.3 is 0 Å². The highest BCUT2D eigenvalue weighted by Gasteiger charge is 2.17. The maximum Gasteiger partial charge on any atom is 0.0587 e. The van der Waals surface area contributed by atoms with Crippen LogP contribution in [0, 0.1) is 17.4 Å². The van der Waals surface area contributed by atoms with Gasteiger partial charge in [0.2, 0.25) is 0 Å². The Morgan fingerprint density at radius 3 is 2.53 bits per heavy atom. The Balaban J connectivity index is 2.56. The molecule has 0 saturated heterocycles. The summed E-state index contributed by atoms with van der Waals surface area (Å²) in [4.78, 5) is 0. The van der Waals surface area contributed by atoms with Crippen molar-refractivity contribution in [3.8, 4) is 0 Å². The fourth-order valence-electron chi connectivity index (χ4n) is 2.30. The lowest BCUT2D eigenvalue weighted by atomic mass is 9.93. The molecule has 1 N–H and O–H groups in total. The van der Waals surface area contributed by atoms with Crippen molar-refractivity contribution >= 4 is 38.5 Å². The summed E-state index contributed by atoms with van der Waals surface area (Å²) in [5, 5.41) is 3.45. The first-order valence-corrected chi connectivity index (χ1v) is 8.10. The average molecular weight is 430 g/mol. The molecule has 19 heavy (non-hydrogen) atoms. The molecule has 0 aliphatic rings. The standard InChI is InChI=1S/C16H17BrIN/c1-10-5-4-6-13(11(10)2)16(19-3)14-9-12(17)7-8-15(14)18/h4-9,16,19H,1-3H3. The highest BCUT2D eigenvalue weighted by molar-refractivity contribution is 14.1. The third kappa shape index (κ3) is 3.20. The summed E-state index contributed by atoms with van der Waals surface area (Å²) >= 11 is 5.97. The lowest BCUT2D eigenvalue weighted by Crippen LogP contribution is -2.20. The molecule has 0 bridgehead atoms. The van der Waals surface area contributed by atoms with E-state index in [1.54, 1.807) is 0 Å². The summed E-state index contributed by atoms with van der Waals surface area (Å²) in [6, 6.07) is 13.2. The average Bonchev–Trinajstić information content (AvgIpc) is 2.39. The summed E-state index contributed by atoms with van der Waals surface area (Å²) in [6.07, 6.45) is 0. The summed E-state index contributed by atoms with van der Waals surface area (Å²) in [5.74, 6) is 0. The van der Waals surface area contributed by atoms with E-state index in [0.717, 1.165) is 4.47 Å². The predicted molar refractivity (Wildman–Crippen MR) is 93.7 cm³/mol. The van der Waals surface area contributed by atoms with Crippen LogP contribution in [0.15, 0.2) is 40.9 Å². The minimum absolute atomic E-state index is 0.226. The van der Waals surface area contributed by atoms with Gasteiger partial charge in [-0.2, -0.15) is 0 Å². The van der Waals surface area contributed by atoms with E-state index in [-0.39, 0.29) is 6.04 Å². The van der Waals surface area contributed by atoms with Gasteiger partial charge in [-0.25, -0.2) is 0 Å². The Hall–Kier alpha value is -0.390. The van der Waals surface area contributed by atoms with Crippen LogP contribution in [-0.2, 0) is 0 Å². The number of rotatable bonds is 3. The van der Waals surface area contributed by atoms with Crippen molar-refractivity contribution in [1.82, 2.24) is 5.32 Å². The SMILES string of the molecule is CNC(c1cc(Br)ccc1I)c1cccc(C)c1C. The van der Waals surface area contributed by atoms with E-state index in [9.17, 15) is 0 Å². The minimum atomic E-state index is 0.226. The van der Waals surface area contributed by atoms with Crippen LogP contribution in [-0.4, -0.2) is 7.05 Å². The van der Waals surface area contributed by atoms with E-state index in [0.29, 0.717) is 0 Å². The second-order valence-corrected chi connectivity index (χ2v) is 6.75. The summed E-state index contributed by atoms with van der Waals surface area (Å²) in [6.45, 7) is 4.36. The number of hydrogen-bond donors (Lipinski definition) is 1. The molecule has 0 spiro atoms. The van der Waals surface area contributed by atoms with E-state index in [4.69, 9.17) is 0 Å². The molecule has 0 radical (unpaired) electrons. The van der Waals surface area contributed by atoms with Crippen LogP contribution in [0.2, 0.25) is 0 Å². The third-order valence-corrected chi connectivity index (χ3v) is 4.99. The van der Waals surface area contributed by atoms with E-state index in [1.807, 2.05) is 7.05 Å². The Morgan fingerprint density at radius 1 is 1.11 bits per heavy atom. The summed E-state index contributed by atoms with van der Waals surface area (Å²) < 4.78 is 2.40. The van der Waals surface area contributed by atoms with Gasteiger partial charge in [0, 0.05) is 8.04 Å². The summed E-state index contributed by atoms with van der Waals surface area (Å²) in [7, 11) is 2.02. The van der Waals surface area contributed by atoms with Gasteiger partial charge in [0.05, 0.1) is 6.04 Å². The lowest BCUT2D eigenvalue weighted by Gasteiger charge is -2.22. The molecule has 100 valence electrons. The smallest absolute Gasteiger partial charge is 0.0587 e. The first-order valence-electron chi connectivity index (χ1n) is 6.23. The zero-order valence-electron chi connectivity index (χ0n) is 11.3. The molecule has 0 fully saturated rings. The van der Waals surface area contributed by atoms with Gasteiger partial charge in [0.1, 0.15) is 0 Å². The van der Waals surface area contributed by atoms with Gasteiger partial charge < -0.3 is 5.32 Å². The second-order valence-electron chi connectivity index (χ2n) is 4.68. The molecule has 1 unspecified atom stereocenters. The first-order chi connectivity index (χ1) is 9.04. The Bertz CT molecular complexity index is 593. The molecule has 0 amide bonds. The number of benzene rings is 2. The van der Waals surface area contributed by atoms with Gasteiger partial charge in [-0.15, -0.1) is 0 Å². The highest BCUT2D eigenvalue weighted by atomic mass is 127. The Morgan fingerprint density at radius 2 is 1.84 bits per heavy atom. The maximum absolute atomic E-state index is 3.57. The molecule has 0 aliphatic carbocycles. The number of hydrogen-bond acceptors (Lipinski definition) is 1. The van der Waals surface area contributed by atoms with Gasteiger partial charge in [-0.05, 0) is 83.9 Å². The topological polar surface area (TPSA) is 12.0 Å². The van der Waals surface area contributed by atoms with Gasteiger partial charge in [-0.3, -0.25) is 0 Å². The molecule has 2 aromatic carbocycles. The molecule has 1 nitrogen and oxygen atoms in total. The molecule has 0 aromatic heterocycles. The Kier molecular flexibility index (Phi) is 5.03. The van der Waals surface area contributed by atoms with Crippen molar-refractivity contribution in [2.24, 2.45) is 0 Å². The number of halogens is 2. The predicted octanol–water partition coefficient (Wildman–Crippen LogP) is 4.98. The van der Waals surface area contributed by atoms with Gasteiger partial charge in [0.25, 0.3) is 0 Å². The van der Waals surface area contributed by atoms with E-state index >= 15 is 0 Å². The second kappa shape index (κ2) is 6.37. The first kappa shape index (κ1) is 15.0. The molecule has 0 aliphatic heterocycles. The van der Waals surface area contributed by atoms with Crippen LogP contribution < -0.4 is 5.32 Å². The zero-order valence-corrected chi connectivity index (χ0v) is 15.0. The fourth-order valence-corrected chi connectivity index (χ4v) is 3.33. The van der Waals surface area contributed by atoms with E-state index < -0.39 is 0 Å². The zero-order chi connectivity index (χ0) is 14.0. The van der Waals surface area contributed by atoms with Gasteiger partial charge in [-0.1, -0.05) is 34.1 Å². The van der Waals surface area contributed by atoms with Crippen LogP contribution in [0.4, 0.5) is 0 Å². The van der Waals surface area contributed by atoms with Crippen LogP contribution in [0.5, 0.6) is 0 Å². The van der Waals surface area contributed by atoms with Crippen molar-refractivity contribution in [3.63, 3.8) is 0 Å². The van der Waals surface area contributed by atoms with Crippen LogP contribution in [0.3, 0.4) is 0 Å².